The number of hydrogen-bond donors (Lipinski definition) is 2. The van der Waals surface area contributed by atoms with Crippen LogP contribution in [0.25, 0.3) is 0 Å². The fraction of sp³-hybridized carbons (Fsp3) is 0. The van der Waals surface area contributed by atoms with Crippen LogP contribution in [0.15, 0.2) is 30.5 Å². The van der Waals surface area contributed by atoms with Crippen LogP contribution in [0.3, 0.4) is 0 Å². The summed E-state index contributed by atoms with van der Waals surface area (Å²) < 4.78 is 13.0. The SMILES string of the molecule is O=C(Nc1c(Cl)cc(Cl)cc1C(=O)O)c1ccnc(F)c1. The summed E-state index contributed by atoms with van der Waals surface area (Å²) in [4.78, 5) is 26.5. The molecule has 0 spiro atoms. The molecule has 5 nitrogen and oxygen atoms in total. The lowest BCUT2D eigenvalue weighted by molar-refractivity contribution is 0.0698. The van der Waals surface area contributed by atoms with Crippen molar-refractivity contribution in [1.82, 2.24) is 4.98 Å². The van der Waals surface area contributed by atoms with Gasteiger partial charge >= 0.3 is 5.97 Å². The molecule has 0 aliphatic heterocycles. The van der Waals surface area contributed by atoms with Crippen LogP contribution < -0.4 is 5.32 Å². The van der Waals surface area contributed by atoms with E-state index in [1.165, 1.54) is 12.1 Å². The van der Waals surface area contributed by atoms with Gasteiger partial charge < -0.3 is 10.4 Å². The minimum atomic E-state index is -1.31. The topological polar surface area (TPSA) is 79.3 Å². The number of amides is 1. The molecule has 0 atom stereocenters. The van der Waals surface area contributed by atoms with Crippen molar-refractivity contribution in [2.24, 2.45) is 0 Å². The molecule has 2 N–H and O–H groups in total. The molecule has 0 bridgehead atoms. The lowest BCUT2D eigenvalue weighted by atomic mass is 10.1. The highest BCUT2D eigenvalue weighted by Crippen LogP contribution is 2.30. The number of aromatic carboxylic acids is 1. The zero-order chi connectivity index (χ0) is 15.6. The molecule has 0 aliphatic rings. The van der Waals surface area contributed by atoms with E-state index in [0.717, 1.165) is 18.3 Å². The summed E-state index contributed by atoms with van der Waals surface area (Å²) in [6.45, 7) is 0. The maximum Gasteiger partial charge on any atom is 0.337 e. The normalized spacial score (nSPS) is 10.2. The molecule has 0 fully saturated rings. The van der Waals surface area contributed by atoms with Crippen molar-refractivity contribution >= 4 is 40.8 Å². The minimum absolute atomic E-state index is 0.0233. The number of nitrogens with zero attached hydrogens (tertiary/aromatic N) is 1. The molecule has 2 rings (SSSR count). The van der Waals surface area contributed by atoms with Gasteiger partial charge in [-0.3, -0.25) is 4.79 Å². The van der Waals surface area contributed by atoms with Crippen molar-refractivity contribution in [3.63, 3.8) is 0 Å². The lowest BCUT2D eigenvalue weighted by Crippen LogP contribution is -2.15. The second kappa shape index (κ2) is 6.07. The Hall–Kier alpha value is -2.18. The zero-order valence-corrected chi connectivity index (χ0v) is 11.7. The molecule has 0 saturated carbocycles. The highest BCUT2D eigenvalue weighted by molar-refractivity contribution is 6.38. The van der Waals surface area contributed by atoms with E-state index in [-0.39, 0.29) is 26.9 Å². The maximum atomic E-state index is 13.0. The van der Waals surface area contributed by atoms with Gasteiger partial charge in [-0.25, -0.2) is 9.78 Å². The number of hydrogen-bond acceptors (Lipinski definition) is 3. The first kappa shape index (κ1) is 15.2. The molecule has 2 aromatic rings. The molecule has 8 heteroatoms. The molecule has 1 aromatic carbocycles. The van der Waals surface area contributed by atoms with E-state index < -0.39 is 17.8 Å². The van der Waals surface area contributed by atoms with E-state index in [1.807, 2.05) is 0 Å². The summed E-state index contributed by atoms with van der Waals surface area (Å²) in [6.07, 6.45) is 1.12. The summed E-state index contributed by atoms with van der Waals surface area (Å²) in [5, 5.41) is 11.5. The molecule has 0 unspecified atom stereocenters. The van der Waals surface area contributed by atoms with Crippen molar-refractivity contribution in [3.05, 3.63) is 57.6 Å². The van der Waals surface area contributed by atoms with Crippen LogP contribution >= 0.6 is 23.2 Å². The van der Waals surface area contributed by atoms with Gasteiger partial charge in [-0.05, 0) is 18.2 Å². The molecule has 21 heavy (non-hydrogen) atoms. The number of anilines is 1. The Morgan fingerprint density at radius 3 is 2.57 bits per heavy atom. The van der Waals surface area contributed by atoms with Gasteiger partial charge in [-0.2, -0.15) is 4.39 Å². The third kappa shape index (κ3) is 3.48. The van der Waals surface area contributed by atoms with Gasteiger partial charge in [-0.1, -0.05) is 23.2 Å². The van der Waals surface area contributed by atoms with E-state index in [9.17, 15) is 14.0 Å². The van der Waals surface area contributed by atoms with Crippen LogP contribution in [0.2, 0.25) is 10.0 Å². The van der Waals surface area contributed by atoms with E-state index >= 15 is 0 Å². The minimum Gasteiger partial charge on any atom is -0.478 e. The van der Waals surface area contributed by atoms with Gasteiger partial charge in [0.15, 0.2) is 0 Å². The molecule has 0 saturated heterocycles. The number of nitrogens with one attached hydrogen (secondary N) is 1. The van der Waals surface area contributed by atoms with Crippen molar-refractivity contribution in [3.8, 4) is 0 Å². The molecule has 1 amide bonds. The number of benzene rings is 1. The number of rotatable bonds is 3. The number of carbonyl (C=O) groups is 2. The summed E-state index contributed by atoms with van der Waals surface area (Å²) in [7, 11) is 0. The first-order valence-electron chi connectivity index (χ1n) is 5.53. The Morgan fingerprint density at radius 1 is 1.24 bits per heavy atom. The number of pyridine rings is 1. The van der Waals surface area contributed by atoms with Crippen LogP contribution in [-0.2, 0) is 0 Å². The van der Waals surface area contributed by atoms with Gasteiger partial charge in [0, 0.05) is 22.8 Å². The molecule has 108 valence electrons. The Kier molecular flexibility index (Phi) is 4.40. The fourth-order valence-corrected chi connectivity index (χ4v) is 2.14. The van der Waals surface area contributed by atoms with Gasteiger partial charge in [0.1, 0.15) is 0 Å². The molecule has 0 aliphatic carbocycles. The number of halogens is 3. The first-order valence-corrected chi connectivity index (χ1v) is 6.29. The Morgan fingerprint density at radius 2 is 1.95 bits per heavy atom. The van der Waals surface area contributed by atoms with Crippen LogP contribution in [0.4, 0.5) is 10.1 Å². The third-order valence-corrected chi connectivity index (χ3v) is 3.03. The van der Waals surface area contributed by atoms with Crippen LogP contribution in [0.1, 0.15) is 20.7 Å². The predicted molar refractivity (Wildman–Crippen MR) is 75.6 cm³/mol. The average Bonchev–Trinajstić information content (AvgIpc) is 2.41. The lowest BCUT2D eigenvalue weighted by Gasteiger charge is -2.11. The van der Waals surface area contributed by atoms with Gasteiger partial charge in [0.25, 0.3) is 5.91 Å². The van der Waals surface area contributed by atoms with E-state index in [2.05, 4.69) is 10.3 Å². The van der Waals surface area contributed by atoms with E-state index in [1.54, 1.807) is 0 Å². The molecule has 0 radical (unpaired) electrons. The van der Waals surface area contributed by atoms with Crippen molar-refractivity contribution < 1.29 is 19.1 Å². The Bertz CT molecular complexity index is 737. The van der Waals surface area contributed by atoms with Gasteiger partial charge in [0.2, 0.25) is 5.95 Å². The highest BCUT2D eigenvalue weighted by Gasteiger charge is 2.18. The molecule has 1 heterocycles. The second-order valence-corrected chi connectivity index (χ2v) is 4.78. The largest absolute Gasteiger partial charge is 0.478 e. The monoisotopic (exact) mass is 328 g/mol. The molecular formula is C13H7Cl2FN2O3. The van der Waals surface area contributed by atoms with E-state index in [4.69, 9.17) is 28.3 Å². The zero-order valence-electron chi connectivity index (χ0n) is 10.2. The fourth-order valence-electron chi connectivity index (χ4n) is 1.60. The smallest absolute Gasteiger partial charge is 0.337 e. The van der Waals surface area contributed by atoms with Crippen molar-refractivity contribution in [2.75, 3.05) is 5.32 Å². The van der Waals surface area contributed by atoms with Gasteiger partial charge in [-0.15, -0.1) is 0 Å². The van der Waals surface area contributed by atoms with Crippen molar-refractivity contribution in [2.45, 2.75) is 0 Å². The van der Waals surface area contributed by atoms with E-state index in [0.29, 0.717) is 0 Å². The van der Waals surface area contributed by atoms with Crippen LogP contribution in [0, 0.1) is 5.95 Å². The number of carbonyl (C=O) groups excluding carboxylic acids is 1. The van der Waals surface area contributed by atoms with Crippen LogP contribution in [0.5, 0.6) is 0 Å². The summed E-state index contributed by atoms with van der Waals surface area (Å²) in [5.74, 6) is -2.86. The summed E-state index contributed by atoms with van der Waals surface area (Å²) in [6, 6.07) is 4.64. The summed E-state index contributed by atoms with van der Waals surface area (Å²) >= 11 is 11.6. The maximum absolute atomic E-state index is 13.0. The highest BCUT2D eigenvalue weighted by atomic mass is 35.5. The number of carboxylic acids is 1. The molecule has 1 aromatic heterocycles. The Labute approximate surface area is 128 Å². The average molecular weight is 329 g/mol. The number of aromatic nitrogens is 1. The van der Waals surface area contributed by atoms with Gasteiger partial charge in [0.05, 0.1) is 16.3 Å². The molecular weight excluding hydrogens is 322 g/mol. The third-order valence-electron chi connectivity index (χ3n) is 2.51. The standard InChI is InChI=1S/C13H7Cl2FN2O3/c14-7-4-8(13(20)21)11(9(15)5-7)18-12(19)6-1-2-17-10(16)3-6/h1-5H,(H,18,19)(H,20,21). The van der Waals surface area contributed by atoms with Crippen molar-refractivity contribution in [1.29, 1.82) is 0 Å². The second-order valence-electron chi connectivity index (χ2n) is 3.94. The quantitative estimate of drug-likeness (QED) is 0.845. The first-order chi connectivity index (χ1) is 9.88. The predicted octanol–water partition coefficient (Wildman–Crippen LogP) is 3.48. The number of carboxylic acid groups (broad SMARTS) is 1. The van der Waals surface area contributed by atoms with Crippen LogP contribution in [-0.4, -0.2) is 22.0 Å². The Balaban J connectivity index is 2.39. The summed E-state index contributed by atoms with van der Waals surface area (Å²) in [5.41, 5.74) is -0.406.